The lowest BCUT2D eigenvalue weighted by Crippen LogP contribution is -2.03. The Morgan fingerprint density at radius 3 is 2.54 bits per heavy atom. The van der Waals surface area contributed by atoms with E-state index in [4.69, 9.17) is 4.98 Å². The summed E-state index contributed by atoms with van der Waals surface area (Å²) in [5, 5.41) is 9.23. The first-order chi connectivity index (χ1) is 11.3. The van der Waals surface area contributed by atoms with Crippen LogP contribution in [0.25, 0.3) is 28.1 Å². The Balaban J connectivity index is 0.00000169. The van der Waals surface area contributed by atoms with Crippen molar-refractivity contribution < 1.29 is 5.11 Å². The molecule has 5 heteroatoms. The molecule has 0 aliphatic carbocycles. The van der Waals surface area contributed by atoms with Crippen LogP contribution in [0.2, 0.25) is 0 Å². The summed E-state index contributed by atoms with van der Waals surface area (Å²) >= 11 is 0. The second kappa shape index (κ2) is 6.67. The van der Waals surface area contributed by atoms with Crippen molar-refractivity contribution in [2.24, 2.45) is 0 Å². The third kappa shape index (κ3) is 2.68. The molecule has 124 valence electrons. The van der Waals surface area contributed by atoms with E-state index < -0.39 is 0 Å². The number of imidazole rings is 2. The lowest BCUT2D eigenvalue weighted by atomic mass is 10.1. The molecule has 0 fully saturated rings. The Morgan fingerprint density at radius 2 is 1.79 bits per heavy atom. The van der Waals surface area contributed by atoms with Crippen LogP contribution >= 0.6 is 12.4 Å². The Morgan fingerprint density at radius 1 is 1.04 bits per heavy atom. The van der Waals surface area contributed by atoms with Gasteiger partial charge in [-0.15, -0.1) is 12.4 Å². The standard InChI is InChI=1S/C19H19N3O.ClH/c1-14-7-9-15(10-8-14)18-13-22-17-6-3-2-5-16(17)20-19(22)21(18)11-4-12-23;/h2-3,5-10,13,23H,4,11-12H2,1H3;1H. The maximum Gasteiger partial charge on any atom is 0.215 e. The normalized spacial score (nSPS) is 11.1. The van der Waals surface area contributed by atoms with Gasteiger partial charge in [-0.1, -0.05) is 42.0 Å². The molecule has 2 aromatic heterocycles. The molecular formula is C19H20ClN3O. The van der Waals surface area contributed by atoms with E-state index in [2.05, 4.69) is 52.4 Å². The van der Waals surface area contributed by atoms with E-state index in [1.165, 1.54) is 11.1 Å². The number of aliphatic hydroxyl groups is 1. The largest absolute Gasteiger partial charge is 0.396 e. The van der Waals surface area contributed by atoms with Crippen LogP contribution in [0.15, 0.2) is 54.7 Å². The van der Waals surface area contributed by atoms with Crippen molar-refractivity contribution in [3.8, 4) is 11.3 Å². The molecule has 0 saturated heterocycles. The minimum Gasteiger partial charge on any atom is -0.396 e. The predicted molar refractivity (Wildman–Crippen MR) is 99.8 cm³/mol. The fourth-order valence-electron chi connectivity index (χ4n) is 3.05. The van der Waals surface area contributed by atoms with Crippen molar-refractivity contribution in [3.63, 3.8) is 0 Å². The van der Waals surface area contributed by atoms with Gasteiger partial charge in [-0.3, -0.25) is 4.40 Å². The van der Waals surface area contributed by atoms with Crippen LogP contribution in [-0.4, -0.2) is 25.7 Å². The Labute approximate surface area is 146 Å². The number of aromatic nitrogens is 3. The lowest BCUT2D eigenvalue weighted by molar-refractivity contribution is 0.280. The van der Waals surface area contributed by atoms with Crippen molar-refractivity contribution in [2.45, 2.75) is 19.9 Å². The fraction of sp³-hybridized carbons (Fsp3) is 0.211. The number of halogens is 1. The molecule has 0 bridgehead atoms. The number of rotatable bonds is 4. The molecule has 0 amide bonds. The SMILES string of the molecule is Cc1ccc(-c2cn3c4ccccc4nc3n2CCCO)cc1.Cl. The number of nitrogens with zero attached hydrogens (tertiary/aromatic N) is 3. The molecule has 0 aliphatic rings. The average molecular weight is 342 g/mol. The first-order valence-corrected chi connectivity index (χ1v) is 7.92. The van der Waals surface area contributed by atoms with Gasteiger partial charge in [-0.05, 0) is 31.0 Å². The van der Waals surface area contributed by atoms with Crippen molar-refractivity contribution in [1.82, 2.24) is 14.0 Å². The first-order valence-electron chi connectivity index (χ1n) is 7.92. The smallest absolute Gasteiger partial charge is 0.215 e. The van der Waals surface area contributed by atoms with E-state index in [9.17, 15) is 5.11 Å². The van der Waals surface area contributed by atoms with E-state index in [-0.39, 0.29) is 19.0 Å². The molecule has 0 aliphatic heterocycles. The maximum atomic E-state index is 9.23. The van der Waals surface area contributed by atoms with Crippen LogP contribution in [0.5, 0.6) is 0 Å². The van der Waals surface area contributed by atoms with Crippen LogP contribution in [0.3, 0.4) is 0 Å². The van der Waals surface area contributed by atoms with Gasteiger partial charge >= 0.3 is 0 Å². The van der Waals surface area contributed by atoms with Gasteiger partial charge in [0, 0.05) is 19.3 Å². The average Bonchev–Trinajstić information content (AvgIpc) is 3.10. The Hall–Kier alpha value is -2.30. The van der Waals surface area contributed by atoms with E-state index in [0.717, 1.165) is 29.0 Å². The predicted octanol–water partition coefficient (Wildman–Crippen LogP) is 4.07. The topological polar surface area (TPSA) is 42.5 Å². The van der Waals surface area contributed by atoms with Crippen LogP contribution in [0.4, 0.5) is 0 Å². The number of hydrogen-bond donors (Lipinski definition) is 1. The summed E-state index contributed by atoms with van der Waals surface area (Å²) in [4.78, 5) is 4.78. The summed E-state index contributed by atoms with van der Waals surface area (Å²) in [5.41, 5.74) is 5.65. The van der Waals surface area contributed by atoms with Gasteiger partial charge in [0.15, 0.2) is 0 Å². The molecule has 2 heterocycles. The highest BCUT2D eigenvalue weighted by Gasteiger charge is 2.14. The van der Waals surface area contributed by atoms with E-state index in [0.29, 0.717) is 6.42 Å². The minimum absolute atomic E-state index is 0. The number of fused-ring (bicyclic) bond motifs is 3. The van der Waals surface area contributed by atoms with Gasteiger partial charge in [0.2, 0.25) is 5.78 Å². The second-order valence-corrected chi connectivity index (χ2v) is 5.88. The summed E-state index contributed by atoms with van der Waals surface area (Å²) in [6, 6.07) is 16.7. The van der Waals surface area contributed by atoms with Gasteiger partial charge < -0.3 is 9.67 Å². The number of aryl methyl sites for hydroxylation is 2. The highest BCUT2D eigenvalue weighted by Crippen LogP contribution is 2.27. The van der Waals surface area contributed by atoms with Crippen molar-refractivity contribution >= 4 is 29.2 Å². The molecule has 2 aromatic carbocycles. The van der Waals surface area contributed by atoms with Crippen molar-refractivity contribution in [2.75, 3.05) is 6.61 Å². The Kier molecular flexibility index (Phi) is 4.60. The third-order valence-electron chi connectivity index (χ3n) is 4.25. The van der Waals surface area contributed by atoms with E-state index in [1.54, 1.807) is 0 Å². The number of aliphatic hydroxyl groups excluding tert-OH is 1. The van der Waals surface area contributed by atoms with Gasteiger partial charge in [-0.25, -0.2) is 4.98 Å². The zero-order valence-corrected chi connectivity index (χ0v) is 14.3. The molecule has 1 N–H and O–H groups in total. The molecule has 0 atom stereocenters. The highest BCUT2D eigenvalue weighted by molar-refractivity contribution is 5.85. The molecule has 0 spiro atoms. The molecule has 0 saturated carbocycles. The van der Waals surface area contributed by atoms with E-state index >= 15 is 0 Å². The van der Waals surface area contributed by atoms with Crippen LogP contribution < -0.4 is 0 Å². The van der Waals surface area contributed by atoms with Crippen LogP contribution in [-0.2, 0) is 6.54 Å². The second-order valence-electron chi connectivity index (χ2n) is 5.88. The van der Waals surface area contributed by atoms with Gasteiger partial charge in [0.05, 0.1) is 16.7 Å². The monoisotopic (exact) mass is 341 g/mol. The molecule has 4 aromatic rings. The summed E-state index contributed by atoms with van der Waals surface area (Å²) in [7, 11) is 0. The molecule has 0 radical (unpaired) electrons. The molecular weight excluding hydrogens is 322 g/mol. The third-order valence-corrected chi connectivity index (χ3v) is 4.25. The van der Waals surface area contributed by atoms with Crippen LogP contribution in [0.1, 0.15) is 12.0 Å². The first kappa shape index (κ1) is 16.6. The summed E-state index contributed by atoms with van der Waals surface area (Å²) < 4.78 is 4.34. The Bertz CT molecular complexity index is 970. The number of para-hydroxylation sites is 2. The molecule has 4 nitrogen and oxygen atoms in total. The zero-order valence-electron chi connectivity index (χ0n) is 13.5. The number of benzene rings is 2. The molecule has 4 rings (SSSR count). The quantitative estimate of drug-likeness (QED) is 0.608. The van der Waals surface area contributed by atoms with Gasteiger partial charge in [0.25, 0.3) is 0 Å². The summed E-state index contributed by atoms with van der Waals surface area (Å²) in [6.07, 6.45) is 2.86. The lowest BCUT2D eigenvalue weighted by Gasteiger charge is -2.08. The maximum absolute atomic E-state index is 9.23. The summed E-state index contributed by atoms with van der Waals surface area (Å²) in [6.45, 7) is 3.02. The molecule has 0 unspecified atom stereocenters. The highest BCUT2D eigenvalue weighted by atomic mass is 35.5. The molecule has 24 heavy (non-hydrogen) atoms. The van der Waals surface area contributed by atoms with Gasteiger partial charge in [0.1, 0.15) is 0 Å². The minimum atomic E-state index is 0. The fourth-order valence-corrected chi connectivity index (χ4v) is 3.05. The number of hydrogen-bond acceptors (Lipinski definition) is 2. The van der Waals surface area contributed by atoms with Crippen molar-refractivity contribution in [1.29, 1.82) is 0 Å². The summed E-state index contributed by atoms with van der Waals surface area (Å²) in [5.74, 6) is 0.926. The van der Waals surface area contributed by atoms with E-state index in [1.807, 2.05) is 18.2 Å². The van der Waals surface area contributed by atoms with Crippen molar-refractivity contribution in [3.05, 3.63) is 60.3 Å². The zero-order chi connectivity index (χ0) is 15.8. The van der Waals surface area contributed by atoms with Crippen LogP contribution in [0, 0.1) is 6.92 Å². The van der Waals surface area contributed by atoms with Gasteiger partial charge in [-0.2, -0.15) is 0 Å².